The average molecular weight is 300 g/mol. The van der Waals surface area contributed by atoms with Crippen LogP contribution < -0.4 is 0 Å². The Labute approximate surface area is 127 Å². The molecule has 0 aromatic heterocycles. The molecular formula is C17H16O5. The van der Waals surface area contributed by atoms with Crippen LogP contribution in [-0.4, -0.2) is 31.1 Å². The summed E-state index contributed by atoms with van der Waals surface area (Å²) in [4.78, 5) is 25.0. The Balaban J connectivity index is 1.97. The number of carbonyl (C=O) groups is 2. The Morgan fingerprint density at radius 3 is 2.91 bits per heavy atom. The number of Topliss-reactive ketones (excluding diaryl/α,β-unsaturated/α-hetero) is 1. The van der Waals surface area contributed by atoms with Gasteiger partial charge in [-0.1, -0.05) is 36.4 Å². The summed E-state index contributed by atoms with van der Waals surface area (Å²) in [6.45, 7) is 2.32. The molecule has 5 nitrogen and oxygen atoms in total. The monoisotopic (exact) mass is 300 g/mol. The van der Waals surface area contributed by atoms with Crippen molar-refractivity contribution < 1.29 is 23.8 Å². The Morgan fingerprint density at radius 1 is 1.36 bits per heavy atom. The first-order valence-electron chi connectivity index (χ1n) is 7.26. The summed E-state index contributed by atoms with van der Waals surface area (Å²) in [6, 6.07) is 7.16. The van der Waals surface area contributed by atoms with Crippen LogP contribution in [0.15, 0.2) is 36.4 Å². The smallest absolute Gasteiger partial charge is 0.317 e. The van der Waals surface area contributed by atoms with Crippen LogP contribution in [0.1, 0.15) is 22.8 Å². The van der Waals surface area contributed by atoms with Gasteiger partial charge in [0.2, 0.25) is 5.79 Å². The number of esters is 1. The normalized spacial score (nSPS) is 38.4. The second-order valence-electron chi connectivity index (χ2n) is 6.17. The van der Waals surface area contributed by atoms with Crippen molar-refractivity contribution in [1.82, 2.24) is 0 Å². The van der Waals surface area contributed by atoms with Gasteiger partial charge in [0.05, 0.1) is 19.6 Å². The molecule has 2 heterocycles. The molecule has 5 heteroatoms. The van der Waals surface area contributed by atoms with Crippen molar-refractivity contribution in [2.45, 2.75) is 18.3 Å². The highest BCUT2D eigenvalue weighted by atomic mass is 16.8. The fourth-order valence-corrected chi connectivity index (χ4v) is 3.69. The van der Waals surface area contributed by atoms with E-state index in [1.165, 1.54) is 7.11 Å². The summed E-state index contributed by atoms with van der Waals surface area (Å²) in [6.07, 6.45) is 3.74. The Kier molecular flexibility index (Phi) is 2.65. The van der Waals surface area contributed by atoms with E-state index in [2.05, 4.69) is 0 Å². The van der Waals surface area contributed by atoms with Gasteiger partial charge in [0.1, 0.15) is 11.5 Å². The number of ketones is 1. The third kappa shape index (κ3) is 1.55. The van der Waals surface area contributed by atoms with E-state index in [0.717, 1.165) is 0 Å². The quantitative estimate of drug-likeness (QED) is 0.450. The van der Waals surface area contributed by atoms with Crippen LogP contribution in [0.3, 0.4) is 0 Å². The molecule has 0 radical (unpaired) electrons. The molecule has 3 aliphatic rings. The van der Waals surface area contributed by atoms with Gasteiger partial charge in [-0.15, -0.1) is 0 Å². The van der Waals surface area contributed by atoms with E-state index in [1.807, 2.05) is 31.2 Å². The van der Waals surface area contributed by atoms with Gasteiger partial charge < -0.3 is 14.2 Å². The second kappa shape index (κ2) is 4.27. The maximum atomic E-state index is 12.8. The minimum Gasteiger partial charge on any atom is -0.468 e. The third-order valence-corrected chi connectivity index (χ3v) is 4.72. The lowest BCUT2D eigenvalue weighted by atomic mass is 9.69. The Bertz CT molecular complexity index is 709. The first kappa shape index (κ1) is 13.7. The predicted molar refractivity (Wildman–Crippen MR) is 76.0 cm³/mol. The van der Waals surface area contributed by atoms with Gasteiger partial charge >= 0.3 is 5.97 Å². The second-order valence-corrected chi connectivity index (χ2v) is 6.17. The maximum absolute atomic E-state index is 12.8. The van der Waals surface area contributed by atoms with Crippen molar-refractivity contribution in [1.29, 1.82) is 0 Å². The molecule has 2 bridgehead atoms. The molecule has 22 heavy (non-hydrogen) atoms. The largest absolute Gasteiger partial charge is 0.468 e. The highest BCUT2D eigenvalue weighted by Gasteiger charge is 2.63. The molecule has 1 aromatic rings. The Hall–Kier alpha value is -1.98. The summed E-state index contributed by atoms with van der Waals surface area (Å²) in [5.74, 6) is -3.36. The summed E-state index contributed by atoms with van der Waals surface area (Å²) >= 11 is 0. The molecule has 1 saturated heterocycles. The molecule has 1 fully saturated rings. The van der Waals surface area contributed by atoms with E-state index in [0.29, 0.717) is 17.7 Å². The molecule has 2 aliphatic heterocycles. The van der Waals surface area contributed by atoms with Crippen molar-refractivity contribution >= 4 is 11.8 Å². The standard InChI is InChI=1S/C17H16O5/c1-16-8-7-12-13(15(19)20-2)14(18)10-5-3-4-6-11(10)17(12,22-16)21-9-16/h3-8,12-13H,9H2,1-2H3/t12-,13+,16-,17+/m0/s1. The molecule has 1 aliphatic carbocycles. The van der Waals surface area contributed by atoms with Crippen LogP contribution in [0.5, 0.6) is 0 Å². The SMILES string of the molecule is COC(=O)[C@H]1C(=O)c2ccccc2[C@]23OC[C@](C)(C=C[C@@H]12)O3. The van der Waals surface area contributed by atoms with Crippen LogP contribution in [0, 0.1) is 11.8 Å². The highest BCUT2D eigenvalue weighted by molar-refractivity contribution is 6.11. The summed E-state index contributed by atoms with van der Waals surface area (Å²) in [5, 5.41) is 0. The van der Waals surface area contributed by atoms with Gasteiger partial charge in [-0.2, -0.15) is 0 Å². The maximum Gasteiger partial charge on any atom is 0.317 e. The number of ether oxygens (including phenoxy) is 3. The number of hydrogen-bond donors (Lipinski definition) is 0. The summed E-state index contributed by atoms with van der Waals surface area (Å²) < 4.78 is 17.1. The van der Waals surface area contributed by atoms with Crippen LogP contribution >= 0.6 is 0 Å². The van der Waals surface area contributed by atoms with E-state index < -0.39 is 29.2 Å². The van der Waals surface area contributed by atoms with Gasteiger partial charge in [-0.05, 0) is 6.92 Å². The topological polar surface area (TPSA) is 61.8 Å². The number of methoxy groups -OCH3 is 1. The molecule has 0 unspecified atom stereocenters. The number of fused-ring (bicyclic) bond motifs is 2. The van der Waals surface area contributed by atoms with Crippen LogP contribution in [0.25, 0.3) is 0 Å². The predicted octanol–water partition coefficient (Wildman–Crippen LogP) is 1.82. The molecule has 0 N–H and O–H groups in total. The lowest BCUT2D eigenvalue weighted by Crippen LogP contribution is -2.52. The zero-order chi connectivity index (χ0) is 15.5. The van der Waals surface area contributed by atoms with E-state index in [4.69, 9.17) is 14.2 Å². The van der Waals surface area contributed by atoms with Crippen molar-refractivity contribution in [3.05, 3.63) is 47.5 Å². The number of benzene rings is 1. The lowest BCUT2D eigenvalue weighted by molar-refractivity contribution is -0.229. The number of hydrogen-bond acceptors (Lipinski definition) is 5. The van der Waals surface area contributed by atoms with E-state index in [-0.39, 0.29) is 5.78 Å². The van der Waals surface area contributed by atoms with Crippen LogP contribution in [0.2, 0.25) is 0 Å². The molecule has 1 spiro atoms. The zero-order valence-corrected chi connectivity index (χ0v) is 12.4. The van der Waals surface area contributed by atoms with Crippen molar-refractivity contribution in [3.63, 3.8) is 0 Å². The van der Waals surface area contributed by atoms with E-state index in [1.54, 1.807) is 12.1 Å². The van der Waals surface area contributed by atoms with Crippen molar-refractivity contribution in [2.75, 3.05) is 13.7 Å². The minimum atomic E-state index is -1.09. The molecular weight excluding hydrogens is 284 g/mol. The van der Waals surface area contributed by atoms with E-state index >= 15 is 0 Å². The number of rotatable bonds is 1. The fourth-order valence-electron chi connectivity index (χ4n) is 3.69. The van der Waals surface area contributed by atoms with Crippen LogP contribution in [0.4, 0.5) is 0 Å². The molecule has 0 amide bonds. The van der Waals surface area contributed by atoms with Gasteiger partial charge in [-0.25, -0.2) is 0 Å². The molecule has 0 saturated carbocycles. The molecule has 4 atom stereocenters. The fraction of sp³-hybridized carbons (Fsp3) is 0.412. The lowest BCUT2D eigenvalue weighted by Gasteiger charge is -2.44. The van der Waals surface area contributed by atoms with Gasteiger partial charge in [0.15, 0.2) is 5.78 Å². The molecule has 1 aromatic carbocycles. The molecule has 4 rings (SSSR count). The summed E-state index contributed by atoms with van der Waals surface area (Å²) in [5.41, 5.74) is 0.622. The highest BCUT2D eigenvalue weighted by Crippen LogP contribution is 2.55. The minimum absolute atomic E-state index is 0.245. The first-order chi connectivity index (χ1) is 10.5. The Morgan fingerprint density at radius 2 is 2.14 bits per heavy atom. The average Bonchev–Trinajstić information content (AvgIpc) is 2.81. The van der Waals surface area contributed by atoms with Crippen LogP contribution in [-0.2, 0) is 24.8 Å². The van der Waals surface area contributed by atoms with Gasteiger partial charge in [0.25, 0.3) is 0 Å². The van der Waals surface area contributed by atoms with E-state index in [9.17, 15) is 9.59 Å². The van der Waals surface area contributed by atoms with Crippen molar-refractivity contribution in [3.8, 4) is 0 Å². The third-order valence-electron chi connectivity index (χ3n) is 4.72. The molecule has 114 valence electrons. The number of carbonyl (C=O) groups excluding carboxylic acids is 2. The van der Waals surface area contributed by atoms with Gasteiger partial charge in [0, 0.05) is 11.1 Å². The van der Waals surface area contributed by atoms with Gasteiger partial charge in [-0.3, -0.25) is 9.59 Å². The zero-order valence-electron chi connectivity index (χ0n) is 12.4. The first-order valence-corrected chi connectivity index (χ1v) is 7.26. The van der Waals surface area contributed by atoms with Crippen molar-refractivity contribution in [2.24, 2.45) is 11.8 Å². The summed E-state index contributed by atoms with van der Waals surface area (Å²) in [7, 11) is 1.29.